The minimum atomic E-state index is -3.67. The van der Waals surface area contributed by atoms with Crippen molar-refractivity contribution in [3.8, 4) is 11.5 Å². The molecule has 0 heterocycles. The first-order valence-electron chi connectivity index (χ1n) is 6.97. The van der Waals surface area contributed by atoms with Crippen LogP contribution in [0.3, 0.4) is 0 Å². The van der Waals surface area contributed by atoms with Crippen molar-refractivity contribution in [2.75, 3.05) is 18.4 Å². The van der Waals surface area contributed by atoms with Gasteiger partial charge >= 0.3 is 0 Å². The van der Waals surface area contributed by atoms with E-state index in [0.717, 1.165) is 10.0 Å². The Morgan fingerprint density at radius 2 is 1.87 bits per heavy atom. The Balaban J connectivity index is 2.31. The van der Waals surface area contributed by atoms with Gasteiger partial charge in [0.05, 0.1) is 24.3 Å². The number of methoxy groups -OCH3 is 1. The first-order valence-corrected chi connectivity index (χ1v) is 9.25. The van der Waals surface area contributed by atoms with Crippen molar-refractivity contribution in [2.45, 2.75) is 18.7 Å². The number of nitrogens with one attached hydrogen (secondary N) is 1. The first kappa shape index (κ1) is 17.6. The van der Waals surface area contributed by atoms with Crippen LogP contribution in [0.15, 0.2) is 45.8 Å². The molecule has 0 aliphatic heterocycles. The summed E-state index contributed by atoms with van der Waals surface area (Å²) in [5.41, 5.74) is 1.25. The topological polar surface area (TPSA) is 64.6 Å². The molecule has 1 N–H and O–H groups in total. The van der Waals surface area contributed by atoms with E-state index in [9.17, 15) is 8.42 Å². The molecule has 0 saturated heterocycles. The standard InChI is InChI=1S/C16H18BrNO4S/c1-4-22-15-8-5-12(10-16(15)21-3)18-23(19,20)13-6-7-14(17)11(2)9-13/h5-10,18H,4H2,1-3H3. The molecule has 0 spiro atoms. The smallest absolute Gasteiger partial charge is 0.261 e. The van der Waals surface area contributed by atoms with E-state index in [1.807, 2.05) is 13.8 Å². The number of rotatable bonds is 6. The lowest BCUT2D eigenvalue weighted by atomic mass is 10.2. The maximum atomic E-state index is 12.5. The van der Waals surface area contributed by atoms with E-state index >= 15 is 0 Å². The van der Waals surface area contributed by atoms with Gasteiger partial charge in [0.15, 0.2) is 11.5 Å². The maximum absolute atomic E-state index is 12.5. The number of sulfonamides is 1. The fourth-order valence-electron chi connectivity index (χ4n) is 2.00. The molecule has 0 radical (unpaired) electrons. The maximum Gasteiger partial charge on any atom is 0.261 e. The third kappa shape index (κ3) is 4.17. The number of halogens is 1. The van der Waals surface area contributed by atoms with Gasteiger partial charge in [-0.25, -0.2) is 8.42 Å². The molecule has 0 unspecified atom stereocenters. The number of hydrogen-bond acceptors (Lipinski definition) is 4. The zero-order valence-electron chi connectivity index (χ0n) is 13.1. The fourth-order valence-corrected chi connectivity index (χ4v) is 3.39. The van der Waals surface area contributed by atoms with Gasteiger partial charge in [-0.3, -0.25) is 4.72 Å². The summed E-state index contributed by atoms with van der Waals surface area (Å²) >= 11 is 3.36. The highest BCUT2D eigenvalue weighted by atomic mass is 79.9. The normalized spacial score (nSPS) is 11.1. The number of benzene rings is 2. The summed E-state index contributed by atoms with van der Waals surface area (Å²) in [5.74, 6) is 1.04. The van der Waals surface area contributed by atoms with Crippen molar-refractivity contribution in [1.29, 1.82) is 0 Å². The van der Waals surface area contributed by atoms with Crippen molar-refractivity contribution in [3.63, 3.8) is 0 Å². The predicted octanol–water partition coefficient (Wildman–Crippen LogP) is 3.97. The zero-order chi connectivity index (χ0) is 17.0. The Morgan fingerprint density at radius 1 is 1.13 bits per heavy atom. The van der Waals surface area contributed by atoms with Crippen LogP contribution < -0.4 is 14.2 Å². The number of anilines is 1. The minimum Gasteiger partial charge on any atom is -0.493 e. The minimum absolute atomic E-state index is 0.200. The van der Waals surface area contributed by atoms with E-state index in [2.05, 4.69) is 20.7 Å². The Labute approximate surface area is 144 Å². The van der Waals surface area contributed by atoms with Gasteiger partial charge in [0, 0.05) is 10.5 Å². The SMILES string of the molecule is CCOc1ccc(NS(=O)(=O)c2ccc(Br)c(C)c2)cc1OC. The van der Waals surface area contributed by atoms with Gasteiger partial charge in [-0.2, -0.15) is 0 Å². The van der Waals surface area contributed by atoms with E-state index < -0.39 is 10.0 Å². The molecule has 2 aromatic rings. The van der Waals surface area contributed by atoms with Gasteiger partial charge in [-0.05, 0) is 49.7 Å². The third-order valence-electron chi connectivity index (χ3n) is 3.16. The Kier molecular flexibility index (Phi) is 5.54. The largest absolute Gasteiger partial charge is 0.493 e. The lowest BCUT2D eigenvalue weighted by molar-refractivity contribution is 0.311. The average Bonchev–Trinajstić information content (AvgIpc) is 2.51. The van der Waals surface area contributed by atoms with Crippen LogP contribution in [-0.2, 0) is 10.0 Å². The van der Waals surface area contributed by atoms with Crippen LogP contribution in [0, 0.1) is 6.92 Å². The van der Waals surface area contributed by atoms with E-state index in [0.29, 0.717) is 23.8 Å². The van der Waals surface area contributed by atoms with Gasteiger partial charge in [-0.1, -0.05) is 15.9 Å². The van der Waals surface area contributed by atoms with Crippen LogP contribution in [0.5, 0.6) is 11.5 Å². The molecule has 0 fully saturated rings. The van der Waals surface area contributed by atoms with Crippen LogP contribution in [0.25, 0.3) is 0 Å². The van der Waals surface area contributed by atoms with Crippen molar-refractivity contribution in [1.82, 2.24) is 0 Å². The fraction of sp³-hybridized carbons (Fsp3) is 0.250. The quantitative estimate of drug-likeness (QED) is 0.797. The summed E-state index contributed by atoms with van der Waals surface area (Å²) < 4.78 is 39.0. The van der Waals surface area contributed by atoms with Gasteiger partial charge in [0.2, 0.25) is 0 Å². The third-order valence-corrected chi connectivity index (χ3v) is 5.42. The summed E-state index contributed by atoms with van der Waals surface area (Å²) in [6, 6.07) is 9.77. The Morgan fingerprint density at radius 3 is 2.48 bits per heavy atom. The molecule has 2 rings (SSSR count). The lowest BCUT2D eigenvalue weighted by Crippen LogP contribution is -2.13. The molecule has 23 heavy (non-hydrogen) atoms. The molecule has 0 bridgehead atoms. The van der Waals surface area contributed by atoms with Crippen molar-refractivity contribution < 1.29 is 17.9 Å². The Bertz CT molecular complexity index is 806. The van der Waals surface area contributed by atoms with Gasteiger partial charge in [0.1, 0.15) is 0 Å². The molecule has 124 valence electrons. The summed E-state index contributed by atoms with van der Waals surface area (Å²) in [6.45, 7) is 4.20. The zero-order valence-corrected chi connectivity index (χ0v) is 15.5. The molecule has 0 aliphatic rings. The van der Waals surface area contributed by atoms with Crippen molar-refractivity contribution in [2.24, 2.45) is 0 Å². The van der Waals surface area contributed by atoms with Crippen molar-refractivity contribution in [3.05, 3.63) is 46.4 Å². The molecule has 0 atom stereocenters. The first-order chi connectivity index (χ1) is 10.9. The van der Waals surface area contributed by atoms with E-state index in [-0.39, 0.29) is 4.90 Å². The second kappa shape index (κ2) is 7.23. The highest BCUT2D eigenvalue weighted by Gasteiger charge is 2.16. The van der Waals surface area contributed by atoms with E-state index in [4.69, 9.17) is 9.47 Å². The van der Waals surface area contributed by atoms with Crippen LogP contribution >= 0.6 is 15.9 Å². The predicted molar refractivity (Wildman–Crippen MR) is 93.9 cm³/mol. The molecular formula is C16H18BrNO4S. The summed E-state index contributed by atoms with van der Waals surface area (Å²) in [6.07, 6.45) is 0. The van der Waals surface area contributed by atoms with E-state index in [1.165, 1.54) is 7.11 Å². The van der Waals surface area contributed by atoms with Crippen LogP contribution in [-0.4, -0.2) is 22.1 Å². The molecule has 0 amide bonds. The molecular weight excluding hydrogens is 382 g/mol. The lowest BCUT2D eigenvalue weighted by Gasteiger charge is -2.13. The number of aryl methyl sites for hydroxylation is 1. The molecule has 0 aromatic heterocycles. The Hall–Kier alpha value is -1.73. The monoisotopic (exact) mass is 399 g/mol. The van der Waals surface area contributed by atoms with Crippen LogP contribution in [0.4, 0.5) is 5.69 Å². The molecule has 2 aromatic carbocycles. The number of hydrogen-bond donors (Lipinski definition) is 1. The summed E-state index contributed by atoms with van der Waals surface area (Å²) in [5, 5.41) is 0. The summed E-state index contributed by atoms with van der Waals surface area (Å²) in [4.78, 5) is 0.200. The second-order valence-corrected chi connectivity index (χ2v) is 7.35. The summed E-state index contributed by atoms with van der Waals surface area (Å²) in [7, 11) is -2.16. The van der Waals surface area contributed by atoms with Crippen LogP contribution in [0.2, 0.25) is 0 Å². The van der Waals surface area contributed by atoms with Gasteiger partial charge in [-0.15, -0.1) is 0 Å². The molecule has 0 aliphatic carbocycles. The highest BCUT2D eigenvalue weighted by Crippen LogP contribution is 2.31. The van der Waals surface area contributed by atoms with Crippen molar-refractivity contribution >= 4 is 31.6 Å². The second-order valence-electron chi connectivity index (χ2n) is 4.82. The van der Waals surface area contributed by atoms with Gasteiger partial charge in [0.25, 0.3) is 10.0 Å². The van der Waals surface area contributed by atoms with E-state index in [1.54, 1.807) is 36.4 Å². The van der Waals surface area contributed by atoms with Gasteiger partial charge < -0.3 is 9.47 Å². The van der Waals surface area contributed by atoms with Crippen LogP contribution in [0.1, 0.15) is 12.5 Å². The highest BCUT2D eigenvalue weighted by molar-refractivity contribution is 9.10. The average molecular weight is 400 g/mol. The number of ether oxygens (including phenoxy) is 2. The molecule has 0 saturated carbocycles. The molecule has 5 nitrogen and oxygen atoms in total. The molecule has 7 heteroatoms.